The van der Waals surface area contributed by atoms with Crippen LogP contribution in [0.5, 0.6) is 0 Å². The first-order valence-corrected chi connectivity index (χ1v) is 6.43. The van der Waals surface area contributed by atoms with Crippen LogP contribution in [-0.4, -0.2) is 43.0 Å². The number of hydrogen-bond donors (Lipinski definition) is 0. The zero-order valence-electron chi connectivity index (χ0n) is 9.52. The molecule has 0 atom stereocenters. The standard InChI is InChI=1S/C10H9B4ClOS/c1-17-16-10(13,14)6-9(11,12)7-2-4-8(15)5-3-7/h2-5H,6H2,1H3. The Balaban J connectivity index is 2.84. The van der Waals surface area contributed by atoms with E-state index in [4.69, 9.17) is 47.2 Å². The van der Waals surface area contributed by atoms with Gasteiger partial charge in [0.1, 0.15) is 15.7 Å². The highest BCUT2D eigenvalue weighted by Crippen LogP contribution is 2.29. The lowest BCUT2D eigenvalue weighted by Gasteiger charge is -2.36. The molecule has 1 rings (SSSR count). The van der Waals surface area contributed by atoms with Gasteiger partial charge in [-0.15, -0.1) is 0 Å². The van der Waals surface area contributed by atoms with Gasteiger partial charge in [-0.3, -0.25) is 0 Å². The average Bonchev–Trinajstić information content (AvgIpc) is 2.16. The van der Waals surface area contributed by atoms with E-state index < -0.39 is 10.6 Å². The van der Waals surface area contributed by atoms with Crippen LogP contribution < -0.4 is 0 Å². The Labute approximate surface area is 117 Å². The molecule has 80 valence electrons. The van der Waals surface area contributed by atoms with Crippen molar-refractivity contribution in [1.82, 2.24) is 0 Å². The minimum Gasteiger partial charge on any atom is -0.328 e. The molecule has 0 spiro atoms. The van der Waals surface area contributed by atoms with Crippen LogP contribution in [0.1, 0.15) is 12.0 Å². The van der Waals surface area contributed by atoms with E-state index in [0.29, 0.717) is 10.6 Å². The van der Waals surface area contributed by atoms with Crippen molar-refractivity contribution in [3.8, 4) is 0 Å². The van der Waals surface area contributed by atoms with Crippen molar-refractivity contribution in [3.05, 3.63) is 34.9 Å². The Bertz CT molecular complexity index is 369. The Hall–Kier alpha value is 0.0797. The molecule has 0 fully saturated rings. The molecule has 0 unspecified atom stereocenters. The maximum atomic E-state index is 5.99. The Morgan fingerprint density at radius 1 is 1.18 bits per heavy atom. The normalized spacial score (nSPS) is 12.6. The quantitative estimate of drug-likeness (QED) is 0.583. The van der Waals surface area contributed by atoms with E-state index in [0.717, 1.165) is 12.0 Å². The third kappa shape index (κ3) is 4.69. The monoisotopic (exact) mass is 256 g/mol. The van der Waals surface area contributed by atoms with Crippen molar-refractivity contribution in [2.75, 3.05) is 6.26 Å². The summed E-state index contributed by atoms with van der Waals surface area (Å²) in [5.74, 6) is 0. The third-order valence-corrected chi connectivity index (χ3v) is 2.92. The summed E-state index contributed by atoms with van der Waals surface area (Å²) in [5, 5.41) is -1.96. The van der Waals surface area contributed by atoms with Gasteiger partial charge in [0, 0.05) is 16.7 Å². The molecule has 0 aliphatic carbocycles. The largest absolute Gasteiger partial charge is 0.328 e. The minimum absolute atomic E-state index is 0.0719. The van der Waals surface area contributed by atoms with Crippen LogP contribution in [0.2, 0.25) is 5.02 Å². The summed E-state index contributed by atoms with van der Waals surface area (Å²) in [6.45, 7) is 0. The Kier molecular flexibility index (Phi) is 5.18. The van der Waals surface area contributed by atoms with Gasteiger partial charge in [-0.1, -0.05) is 34.5 Å². The van der Waals surface area contributed by atoms with Gasteiger partial charge in [-0.25, -0.2) is 0 Å². The van der Waals surface area contributed by atoms with Crippen molar-refractivity contribution >= 4 is 55.0 Å². The summed E-state index contributed by atoms with van der Waals surface area (Å²) < 4.78 is 5.10. The Morgan fingerprint density at radius 2 is 1.71 bits per heavy atom. The first-order valence-electron chi connectivity index (χ1n) is 4.90. The fourth-order valence-electron chi connectivity index (χ4n) is 1.50. The second-order valence-electron chi connectivity index (χ2n) is 3.93. The average molecular weight is 256 g/mol. The lowest BCUT2D eigenvalue weighted by atomic mass is 9.43. The lowest BCUT2D eigenvalue weighted by Crippen LogP contribution is -2.42. The number of hydrogen-bond acceptors (Lipinski definition) is 2. The summed E-state index contributed by atoms with van der Waals surface area (Å²) in [6.07, 6.45) is 1.79. The molecule has 0 aromatic heterocycles. The molecule has 0 aliphatic rings. The summed E-state index contributed by atoms with van der Waals surface area (Å²) in [5.41, 5.74) is 0.687. The molecule has 0 saturated heterocycles. The molecule has 0 saturated carbocycles. The van der Waals surface area contributed by atoms with E-state index in [2.05, 4.69) is 0 Å². The predicted octanol–water partition coefficient (Wildman–Crippen LogP) is 1.51. The molecule has 8 radical (unpaired) electrons. The SMILES string of the molecule is [B]C([B])(CC([B])([B])c1ccc(Cl)cc1)OSC. The summed E-state index contributed by atoms with van der Waals surface area (Å²) >= 11 is 6.85. The van der Waals surface area contributed by atoms with E-state index in [9.17, 15) is 0 Å². The van der Waals surface area contributed by atoms with Gasteiger partial charge < -0.3 is 4.18 Å². The van der Waals surface area contributed by atoms with Crippen LogP contribution in [0.25, 0.3) is 0 Å². The maximum Gasteiger partial charge on any atom is 0.101 e. The van der Waals surface area contributed by atoms with Gasteiger partial charge in [0.05, 0.1) is 15.7 Å². The molecule has 0 heterocycles. The molecule has 0 amide bonds. The number of halogens is 1. The van der Waals surface area contributed by atoms with Crippen LogP contribution in [0.3, 0.4) is 0 Å². The summed E-state index contributed by atoms with van der Waals surface area (Å²) in [7, 11) is 23.4. The smallest absolute Gasteiger partial charge is 0.101 e. The molecule has 1 nitrogen and oxygen atoms in total. The fraction of sp³-hybridized carbons (Fsp3) is 0.400. The number of benzene rings is 1. The second kappa shape index (κ2) is 5.81. The van der Waals surface area contributed by atoms with Crippen LogP contribution >= 0.6 is 23.6 Å². The van der Waals surface area contributed by atoms with Crippen LogP contribution in [0.15, 0.2) is 24.3 Å². The van der Waals surface area contributed by atoms with Crippen LogP contribution in [-0.2, 0) is 9.40 Å². The first kappa shape index (κ1) is 15.1. The molecule has 1 aromatic rings. The highest BCUT2D eigenvalue weighted by molar-refractivity contribution is 7.94. The van der Waals surface area contributed by atoms with Crippen molar-refractivity contribution in [2.24, 2.45) is 0 Å². The van der Waals surface area contributed by atoms with Gasteiger partial charge in [-0.05, 0) is 30.6 Å². The minimum atomic E-state index is -1.39. The zero-order chi connectivity index (χ0) is 13.1. The first-order chi connectivity index (χ1) is 7.77. The van der Waals surface area contributed by atoms with E-state index in [1.807, 2.05) is 0 Å². The van der Waals surface area contributed by atoms with Crippen molar-refractivity contribution in [1.29, 1.82) is 0 Å². The predicted molar refractivity (Wildman–Crippen MR) is 78.1 cm³/mol. The molecule has 0 N–H and O–H groups in total. The maximum absolute atomic E-state index is 5.99. The second-order valence-corrected chi connectivity index (χ2v) is 4.87. The van der Waals surface area contributed by atoms with Gasteiger partial charge in [0.2, 0.25) is 0 Å². The Morgan fingerprint density at radius 3 is 2.18 bits per heavy atom. The topological polar surface area (TPSA) is 9.23 Å². The zero-order valence-corrected chi connectivity index (χ0v) is 11.1. The lowest BCUT2D eigenvalue weighted by molar-refractivity contribution is 0.266. The third-order valence-electron chi connectivity index (χ3n) is 2.19. The van der Waals surface area contributed by atoms with E-state index in [1.165, 1.54) is 0 Å². The number of rotatable bonds is 5. The van der Waals surface area contributed by atoms with Crippen molar-refractivity contribution in [3.63, 3.8) is 0 Å². The summed E-state index contributed by atoms with van der Waals surface area (Å²) in [6, 6.07) is 6.88. The van der Waals surface area contributed by atoms with E-state index in [-0.39, 0.29) is 6.42 Å². The molecule has 1 aromatic carbocycles. The highest BCUT2D eigenvalue weighted by Gasteiger charge is 2.29. The van der Waals surface area contributed by atoms with Crippen molar-refractivity contribution in [2.45, 2.75) is 17.0 Å². The molecular formula is C10H9B4ClOS. The van der Waals surface area contributed by atoms with Gasteiger partial charge >= 0.3 is 0 Å². The molecule has 17 heavy (non-hydrogen) atoms. The molecule has 0 bridgehead atoms. The molecule has 7 heteroatoms. The van der Waals surface area contributed by atoms with Crippen LogP contribution in [0, 0.1) is 0 Å². The van der Waals surface area contributed by atoms with E-state index >= 15 is 0 Å². The van der Waals surface area contributed by atoms with Gasteiger partial charge in [0.15, 0.2) is 0 Å². The van der Waals surface area contributed by atoms with Gasteiger partial charge in [0.25, 0.3) is 0 Å². The fourth-order valence-corrected chi connectivity index (χ4v) is 2.00. The van der Waals surface area contributed by atoms with E-state index in [1.54, 1.807) is 30.5 Å². The van der Waals surface area contributed by atoms with Crippen molar-refractivity contribution < 1.29 is 4.18 Å². The van der Waals surface area contributed by atoms with Gasteiger partial charge in [-0.2, -0.15) is 0 Å². The highest BCUT2D eigenvalue weighted by atomic mass is 35.5. The van der Waals surface area contributed by atoms with Crippen LogP contribution in [0.4, 0.5) is 0 Å². The molecular weight excluding hydrogens is 247 g/mol. The summed E-state index contributed by atoms with van der Waals surface area (Å²) in [4.78, 5) is 0. The molecule has 0 aliphatic heterocycles.